The zero-order valence-electron chi connectivity index (χ0n) is 7.87. The Morgan fingerprint density at radius 2 is 2.25 bits per heavy atom. The molecule has 68 valence electrons. The second kappa shape index (κ2) is 3.58. The number of thiophene rings is 1. The van der Waals surface area contributed by atoms with E-state index in [-0.39, 0.29) is 12.0 Å². The average molecular weight is 184 g/mol. The first-order valence-electron chi connectivity index (χ1n) is 4.24. The smallest absolute Gasteiger partial charge is 0.0465 e. The van der Waals surface area contributed by atoms with E-state index >= 15 is 0 Å². The van der Waals surface area contributed by atoms with Gasteiger partial charge < -0.3 is 5.11 Å². The molecule has 12 heavy (non-hydrogen) atoms. The van der Waals surface area contributed by atoms with Crippen molar-refractivity contribution in [3.05, 3.63) is 22.4 Å². The minimum atomic E-state index is 0.100. The summed E-state index contributed by atoms with van der Waals surface area (Å²) in [5.41, 5.74) is 0.100. The number of hydrogen-bond donors (Lipinski definition) is 1. The quantitative estimate of drug-likeness (QED) is 0.765. The lowest BCUT2D eigenvalue weighted by Crippen LogP contribution is -2.27. The lowest BCUT2D eigenvalue weighted by atomic mass is 9.79. The first-order chi connectivity index (χ1) is 5.59. The van der Waals surface area contributed by atoms with Crippen LogP contribution in [0.3, 0.4) is 0 Å². The van der Waals surface area contributed by atoms with Crippen LogP contribution in [0.5, 0.6) is 0 Å². The largest absolute Gasteiger partial charge is 0.396 e. The minimum Gasteiger partial charge on any atom is -0.396 e. The van der Waals surface area contributed by atoms with E-state index < -0.39 is 0 Å². The van der Waals surface area contributed by atoms with Crippen LogP contribution in [0.25, 0.3) is 0 Å². The van der Waals surface area contributed by atoms with E-state index in [1.807, 2.05) is 0 Å². The van der Waals surface area contributed by atoms with E-state index in [1.54, 1.807) is 11.3 Å². The van der Waals surface area contributed by atoms with Crippen molar-refractivity contribution in [1.29, 1.82) is 0 Å². The zero-order valence-corrected chi connectivity index (χ0v) is 8.69. The molecule has 0 fully saturated rings. The Kier molecular flexibility index (Phi) is 2.91. The van der Waals surface area contributed by atoms with Gasteiger partial charge in [-0.25, -0.2) is 0 Å². The molecule has 0 radical (unpaired) electrons. The van der Waals surface area contributed by atoms with Crippen LogP contribution in [0, 0.1) is 5.92 Å². The second-order valence-corrected chi connectivity index (χ2v) is 4.73. The van der Waals surface area contributed by atoms with Crippen LogP contribution in [-0.4, -0.2) is 11.7 Å². The van der Waals surface area contributed by atoms with Crippen LogP contribution >= 0.6 is 11.3 Å². The third kappa shape index (κ3) is 1.70. The van der Waals surface area contributed by atoms with Gasteiger partial charge in [0.2, 0.25) is 0 Å². The van der Waals surface area contributed by atoms with Gasteiger partial charge in [0.25, 0.3) is 0 Å². The van der Waals surface area contributed by atoms with Gasteiger partial charge in [0.1, 0.15) is 0 Å². The van der Waals surface area contributed by atoms with Gasteiger partial charge in [-0.2, -0.15) is 0 Å². The maximum atomic E-state index is 9.07. The molecule has 1 unspecified atom stereocenters. The van der Waals surface area contributed by atoms with E-state index in [9.17, 15) is 0 Å². The zero-order chi connectivity index (χ0) is 9.19. The number of rotatable bonds is 3. The van der Waals surface area contributed by atoms with Gasteiger partial charge in [-0.05, 0) is 17.4 Å². The van der Waals surface area contributed by atoms with Gasteiger partial charge in [-0.3, -0.25) is 0 Å². The standard InChI is InChI=1S/C10H16OS/c1-8(7-11)10(2,3)9-5-4-6-12-9/h4-6,8,11H,7H2,1-3H3. The maximum Gasteiger partial charge on any atom is 0.0465 e. The van der Waals surface area contributed by atoms with Gasteiger partial charge in [0.15, 0.2) is 0 Å². The third-order valence-corrected chi connectivity index (χ3v) is 3.87. The summed E-state index contributed by atoms with van der Waals surface area (Å²) < 4.78 is 0. The van der Waals surface area contributed by atoms with Crippen molar-refractivity contribution in [3.63, 3.8) is 0 Å². The van der Waals surface area contributed by atoms with E-state index in [2.05, 4.69) is 38.3 Å². The van der Waals surface area contributed by atoms with Crippen LogP contribution in [0.4, 0.5) is 0 Å². The lowest BCUT2D eigenvalue weighted by molar-refractivity contribution is 0.183. The van der Waals surface area contributed by atoms with Crippen molar-refractivity contribution < 1.29 is 5.11 Å². The van der Waals surface area contributed by atoms with Crippen molar-refractivity contribution in [2.24, 2.45) is 5.92 Å². The summed E-state index contributed by atoms with van der Waals surface area (Å²) in [5.74, 6) is 0.316. The molecule has 0 saturated heterocycles. The topological polar surface area (TPSA) is 20.2 Å². The molecule has 1 N–H and O–H groups in total. The monoisotopic (exact) mass is 184 g/mol. The Labute approximate surface area is 78.1 Å². The van der Waals surface area contributed by atoms with E-state index in [1.165, 1.54) is 4.88 Å². The molecule has 2 heteroatoms. The van der Waals surface area contributed by atoms with Crippen LogP contribution in [0.15, 0.2) is 17.5 Å². The summed E-state index contributed by atoms with van der Waals surface area (Å²) in [6, 6.07) is 4.20. The molecule has 1 heterocycles. The van der Waals surface area contributed by atoms with Gasteiger partial charge in [-0.1, -0.05) is 26.8 Å². The fraction of sp³-hybridized carbons (Fsp3) is 0.600. The molecule has 0 spiro atoms. The summed E-state index contributed by atoms with van der Waals surface area (Å²) in [4.78, 5) is 1.35. The molecule has 0 amide bonds. The Morgan fingerprint density at radius 1 is 1.58 bits per heavy atom. The normalized spacial score (nSPS) is 14.7. The van der Waals surface area contributed by atoms with Gasteiger partial charge in [0, 0.05) is 16.9 Å². The SMILES string of the molecule is CC(CO)C(C)(C)c1cccs1. The number of aliphatic hydroxyl groups is 1. The van der Waals surface area contributed by atoms with Crippen molar-refractivity contribution in [1.82, 2.24) is 0 Å². The van der Waals surface area contributed by atoms with Gasteiger partial charge >= 0.3 is 0 Å². The number of aliphatic hydroxyl groups excluding tert-OH is 1. The highest BCUT2D eigenvalue weighted by atomic mass is 32.1. The number of hydrogen-bond acceptors (Lipinski definition) is 2. The third-order valence-electron chi connectivity index (χ3n) is 2.66. The van der Waals surface area contributed by atoms with Crippen LogP contribution in [-0.2, 0) is 5.41 Å². The van der Waals surface area contributed by atoms with E-state index in [4.69, 9.17) is 5.11 Å². The van der Waals surface area contributed by atoms with Crippen molar-refractivity contribution in [2.45, 2.75) is 26.2 Å². The Bertz CT molecular complexity index is 226. The van der Waals surface area contributed by atoms with Crippen molar-refractivity contribution >= 4 is 11.3 Å². The maximum absolute atomic E-state index is 9.07. The second-order valence-electron chi connectivity index (χ2n) is 3.78. The predicted molar refractivity (Wildman–Crippen MR) is 53.6 cm³/mol. The average Bonchev–Trinajstić information content (AvgIpc) is 2.55. The van der Waals surface area contributed by atoms with Crippen LogP contribution in [0.2, 0.25) is 0 Å². The highest BCUT2D eigenvalue weighted by molar-refractivity contribution is 7.10. The summed E-state index contributed by atoms with van der Waals surface area (Å²) in [6.45, 7) is 6.70. The van der Waals surface area contributed by atoms with Crippen molar-refractivity contribution in [3.8, 4) is 0 Å². The lowest BCUT2D eigenvalue weighted by Gasteiger charge is -2.29. The molecule has 1 atom stereocenters. The van der Waals surface area contributed by atoms with Gasteiger partial charge in [0.05, 0.1) is 0 Å². The first-order valence-corrected chi connectivity index (χ1v) is 5.12. The Hall–Kier alpha value is -0.340. The molecule has 1 nitrogen and oxygen atoms in total. The highest BCUT2D eigenvalue weighted by Gasteiger charge is 2.27. The molecule has 0 aliphatic carbocycles. The molecule has 0 aromatic carbocycles. The van der Waals surface area contributed by atoms with E-state index in [0.29, 0.717) is 5.92 Å². The van der Waals surface area contributed by atoms with Crippen LogP contribution in [0.1, 0.15) is 25.6 Å². The highest BCUT2D eigenvalue weighted by Crippen LogP contribution is 2.34. The summed E-state index contributed by atoms with van der Waals surface area (Å²) in [5, 5.41) is 11.2. The first kappa shape index (κ1) is 9.75. The van der Waals surface area contributed by atoms with Crippen LogP contribution < -0.4 is 0 Å². The summed E-state index contributed by atoms with van der Waals surface area (Å²) >= 11 is 1.76. The molecule has 0 saturated carbocycles. The minimum absolute atomic E-state index is 0.100. The summed E-state index contributed by atoms with van der Waals surface area (Å²) in [6.07, 6.45) is 0. The fourth-order valence-corrected chi connectivity index (χ4v) is 2.08. The molecule has 1 aromatic rings. The van der Waals surface area contributed by atoms with E-state index in [0.717, 1.165) is 0 Å². The fourth-order valence-electron chi connectivity index (χ4n) is 1.12. The van der Waals surface area contributed by atoms with Crippen molar-refractivity contribution in [2.75, 3.05) is 6.61 Å². The molecule has 0 bridgehead atoms. The Morgan fingerprint density at radius 3 is 2.67 bits per heavy atom. The predicted octanol–water partition coefficient (Wildman–Crippen LogP) is 2.65. The molecule has 1 rings (SSSR count). The molecular weight excluding hydrogens is 168 g/mol. The summed E-state index contributed by atoms with van der Waals surface area (Å²) in [7, 11) is 0. The van der Waals surface area contributed by atoms with Gasteiger partial charge in [-0.15, -0.1) is 11.3 Å². The molecule has 0 aliphatic rings. The molecule has 0 aliphatic heterocycles. The Balaban J connectivity index is 2.85. The molecule has 1 aromatic heterocycles. The molecular formula is C10H16OS.